The minimum Gasteiger partial charge on any atom is -0.411 e. The van der Waals surface area contributed by atoms with Gasteiger partial charge in [0.05, 0.1) is 0 Å². The Morgan fingerprint density at radius 3 is 2.47 bits per heavy atom. The van der Waals surface area contributed by atoms with Gasteiger partial charge in [-0.05, 0) is 23.6 Å². The van der Waals surface area contributed by atoms with Crippen LogP contribution >= 0.6 is 0 Å². The highest BCUT2D eigenvalue weighted by Crippen LogP contribution is 2.16. The van der Waals surface area contributed by atoms with Gasteiger partial charge in [-0.15, -0.1) is 0 Å². The van der Waals surface area contributed by atoms with Crippen LogP contribution in [0.5, 0.6) is 0 Å². The van der Waals surface area contributed by atoms with Crippen LogP contribution in [0.1, 0.15) is 25.3 Å². The number of carbonyl (C=O) groups is 1. The first kappa shape index (κ1) is 11.2. The lowest BCUT2D eigenvalue weighted by molar-refractivity contribution is -0.110. The smallest absolute Gasteiger partial charge is 0.270 e. The lowest BCUT2D eigenvalue weighted by atomic mass is 10.0. The van der Waals surface area contributed by atoms with E-state index in [1.807, 2.05) is 24.3 Å². The van der Waals surface area contributed by atoms with Crippen molar-refractivity contribution in [1.29, 1.82) is 0 Å². The molecule has 0 aliphatic rings. The van der Waals surface area contributed by atoms with Crippen molar-refractivity contribution >= 4 is 17.8 Å². The highest BCUT2D eigenvalue weighted by molar-refractivity contribution is 6.31. The van der Waals surface area contributed by atoms with Gasteiger partial charge in [0.15, 0.2) is 0 Å². The maximum Gasteiger partial charge on any atom is 0.270 e. The lowest BCUT2D eigenvalue weighted by Crippen LogP contribution is -2.12. The first-order valence-corrected chi connectivity index (χ1v) is 4.72. The molecule has 1 aromatic rings. The molecule has 0 atom stereocenters. The second kappa shape index (κ2) is 5.14. The zero-order chi connectivity index (χ0) is 11.3. The van der Waals surface area contributed by atoms with E-state index in [2.05, 4.69) is 24.3 Å². The van der Waals surface area contributed by atoms with Crippen LogP contribution in [-0.4, -0.2) is 17.3 Å². The molecule has 0 fully saturated rings. The average Bonchev–Trinajstić information content (AvgIpc) is 2.18. The molecule has 1 aromatic carbocycles. The van der Waals surface area contributed by atoms with Gasteiger partial charge in [-0.2, -0.15) is 0 Å². The molecule has 1 amide bonds. The third-order valence-electron chi connectivity index (χ3n) is 2.02. The number of nitrogens with zero attached hydrogens (tertiary/aromatic N) is 1. The predicted molar refractivity (Wildman–Crippen MR) is 59.4 cm³/mol. The van der Waals surface area contributed by atoms with E-state index in [0.717, 1.165) is 6.21 Å². The Hall–Kier alpha value is -1.84. The number of hydrogen-bond donors (Lipinski definition) is 2. The molecule has 4 heteroatoms. The fourth-order valence-electron chi connectivity index (χ4n) is 1.18. The van der Waals surface area contributed by atoms with Crippen LogP contribution in [0.4, 0.5) is 5.69 Å². The third-order valence-corrected chi connectivity index (χ3v) is 2.02. The molecular formula is C11H14N2O2. The maximum absolute atomic E-state index is 11.0. The normalized spacial score (nSPS) is 10.9. The minimum atomic E-state index is -0.449. The highest BCUT2D eigenvalue weighted by atomic mass is 16.4. The summed E-state index contributed by atoms with van der Waals surface area (Å²) >= 11 is 0. The summed E-state index contributed by atoms with van der Waals surface area (Å²) in [5.41, 5.74) is 1.90. The third kappa shape index (κ3) is 3.42. The summed E-state index contributed by atoms with van der Waals surface area (Å²) in [7, 11) is 0. The van der Waals surface area contributed by atoms with Crippen LogP contribution in [-0.2, 0) is 4.79 Å². The summed E-state index contributed by atoms with van der Waals surface area (Å²) in [6, 6.07) is 7.55. The SMILES string of the molecule is CC(C)c1ccc(NC(=O)/C=N\O)cc1. The van der Waals surface area contributed by atoms with E-state index in [1.54, 1.807) is 0 Å². The second-order valence-corrected chi connectivity index (χ2v) is 3.51. The molecular weight excluding hydrogens is 192 g/mol. The summed E-state index contributed by atoms with van der Waals surface area (Å²) in [5, 5.41) is 13.3. The summed E-state index contributed by atoms with van der Waals surface area (Å²) in [6.07, 6.45) is 0.816. The molecule has 4 nitrogen and oxygen atoms in total. The van der Waals surface area contributed by atoms with Gasteiger partial charge in [0.1, 0.15) is 6.21 Å². The van der Waals surface area contributed by atoms with Gasteiger partial charge < -0.3 is 10.5 Å². The molecule has 0 saturated carbocycles. The average molecular weight is 206 g/mol. The fourth-order valence-corrected chi connectivity index (χ4v) is 1.18. The van der Waals surface area contributed by atoms with Crippen molar-refractivity contribution in [3.63, 3.8) is 0 Å². The largest absolute Gasteiger partial charge is 0.411 e. The molecule has 80 valence electrons. The van der Waals surface area contributed by atoms with E-state index >= 15 is 0 Å². The molecule has 2 N–H and O–H groups in total. The molecule has 0 saturated heterocycles. The van der Waals surface area contributed by atoms with Crippen molar-refractivity contribution in [1.82, 2.24) is 0 Å². The van der Waals surface area contributed by atoms with E-state index in [1.165, 1.54) is 5.56 Å². The predicted octanol–water partition coefficient (Wildman–Crippen LogP) is 2.21. The summed E-state index contributed by atoms with van der Waals surface area (Å²) < 4.78 is 0. The number of benzene rings is 1. The number of hydrogen-bond acceptors (Lipinski definition) is 3. The Labute approximate surface area is 88.6 Å². The number of oxime groups is 1. The van der Waals surface area contributed by atoms with E-state index in [-0.39, 0.29) is 0 Å². The standard InChI is InChI=1S/C11H14N2O2/c1-8(2)9-3-5-10(6-4-9)13-11(14)7-12-15/h3-8,15H,1-2H3,(H,13,14)/b12-7-. The van der Waals surface area contributed by atoms with Crippen LogP contribution in [0, 0.1) is 0 Å². The quantitative estimate of drug-likeness (QED) is 0.452. The molecule has 0 heterocycles. The number of carbonyl (C=O) groups excluding carboxylic acids is 1. The first-order valence-electron chi connectivity index (χ1n) is 4.72. The van der Waals surface area contributed by atoms with Crippen molar-refractivity contribution in [2.45, 2.75) is 19.8 Å². The van der Waals surface area contributed by atoms with Crippen molar-refractivity contribution in [3.8, 4) is 0 Å². The summed E-state index contributed by atoms with van der Waals surface area (Å²) in [5.74, 6) is 0.0172. The van der Waals surface area contributed by atoms with Gasteiger partial charge in [0.2, 0.25) is 0 Å². The van der Waals surface area contributed by atoms with Crippen LogP contribution < -0.4 is 5.32 Å². The van der Waals surface area contributed by atoms with E-state index in [4.69, 9.17) is 5.21 Å². The van der Waals surface area contributed by atoms with Gasteiger partial charge in [0, 0.05) is 5.69 Å². The van der Waals surface area contributed by atoms with E-state index in [0.29, 0.717) is 11.6 Å². The molecule has 0 bridgehead atoms. The number of nitrogens with one attached hydrogen (secondary N) is 1. The zero-order valence-electron chi connectivity index (χ0n) is 8.77. The Morgan fingerprint density at radius 2 is 2.00 bits per heavy atom. The first-order chi connectivity index (χ1) is 7.13. The Balaban J connectivity index is 2.68. The Kier molecular flexibility index (Phi) is 3.85. The van der Waals surface area contributed by atoms with Gasteiger partial charge in [-0.25, -0.2) is 0 Å². The van der Waals surface area contributed by atoms with E-state index < -0.39 is 5.91 Å². The van der Waals surface area contributed by atoms with Crippen LogP contribution in [0.2, 0.25) is 0 Å². The van der Waals surface area contributed by atoms with Gasteiger partial charge in [-0.3, -0.25) is 4.79 Å². The maximum atomic E-state index is 11.0. The molecule has 1 rings (SSSR count). The highest BCUT2D eigenvalue weighted by Gasteiger charge is 2.00. The molecule has 0 unspecified atom stereocenters. The summed E-state index contributed by atoms with van der Waals surface area (Å²) in [4.78, 5) is 11.0. The lowest BCUT2D eigenvalue weighted by Gasteiger charge is -2.06. The van der Waals surface area contributed by atoms with Crippen molar-refractivity contribution in [3.05, 3.63) is 29.8 Å². The Morgan fingerprint density at radius 1 is 1.40 bits per heavy atom. The van der Waals surface area contributed by atoms with Crippen molar-refractivity contribution < 1.29 is 10.0 Å². The molecule has 0 radical (unpaired) electrons. The zero-order valence-corrected chi connectivity index (χ0v) is 8.77. The monoisotopic (exact) mass is 206 g/mol. The minimum absolute atomic E-state index is 0.449. The molecule has 0 aliphatic heterocycles. The number of amides is 1. The van der Waals surface area contributed by atoms with Crippen LogP contribution in [0.25, 0.3) is 0 Å². The molecule has 0 spiro atoms. The van der Waals surface area contributed by atoms with Crippen molar-refractivity contribution in [2.24, 2.45) is 5.16 Å². The summed E-state index contributed by atoms with van der Waals surface area (Å²) in [6.45, 7) is 4.21. The fraction of sp³-hybridized carbons (Fsp3) is 0.273. The molecule has 15 heavy (non-hydrogen) atoms. The van der Waals surface area contributed by atoms with Crippen LogP contribution in [0.15, 0.2) is 29.4 Å². The number of rotatable bonds is 3. The van der Waals surface area contributed by atoms with Crippen molar-refractivity contribution in [2.75, 3.05) is 5.32 Å². The number of anilines is 1. The second-order valence-electron chi connectivity index (χ2n) is 3.51. The topological polar surface area (TPSA) is 61.7 Å². The molecule has 0 aliphatic carbocycles. The van der Waals surface area contributed by atoms with Crippen LogP contribution in [0.3, 0.4) is 0 Å². The van der Waals surface area contributed by atoms with Gasteiger partial charge in [0.25, 0.3) is 5.91 Å². The van der Waals surface area contributed by atoms with Gasteiger partial charge in [-0.1, -0.05) is 31.1 Å². The molecule has 0 aromatic heterocycles. The van der Waals surface area contributed by atoms with E-state index in [9.17, 15) is 4.79 Å². The Bertz CT molecular complexity index is 355. The van der Waals surface area contributed by atoms with Gasteiger partial charge >= 0.3 is 0 Å².